The van der Waals surface area contributed by atoms with E-state index in [0.29, 0.717) is 27.2 Å². The summed E-state index contributed by atoms with van der Waals surface area (Å²) in [4.78, 5) is 8.72. The Labute approximate surface area is 152 Å². The zero-order valence-corrected chi connectivity index (χ0v) is 15.0. The van der Waals surface area contributed by atoms with Crippen LogP contribution in [0.15, 0.2) is 29.3 Å². The van der Waals surface area contributed by atoms with Crippen molar-refractivity contribution in [2.45, 2.75) is 0 Å². The molecule has 3 aromatic rings. The molecule has 0 aliphatic heterocycles. The molecule has 0 saturated heterocycles. The number of aromatic nitrogens is 1. The Morgan fingerprint density at radius 2 is 1.83 bits per heavy atom. The van der Waals surface area contributed by atoms with Gasteiger partial charge in [0.05, 0.1) is 29.5 Å². The molecule has 124 valence electrons. The van der Waals surface area contributed by atoms with Crippen molar-refractivity contribution in [2.75, 3.05) is 14.2 Å². The molecule has 1 N–H and O–H groups in total. The van der Waals surface area contributed by atoms with Crippen molar-refractivity contribution in [3.05, 3.63) is 39.9 Å². The van der Waals surface area contributed by atoms with Gasteiger partial charge in [0.25, 0.3) is 0 Å². The predicted molar refractivity (Wildman–Crippen MR) is 98.1 cm³/mol. The van der Waals surface area contributed by atoms with Gasteiger partial charge in [-0.1, -0.05) is 34.5 Å². The lowest BCUT2D eigenvalue weighted by atomic mass is 10.2. The first kappa shape index (κ1) is 16.8. The molecule has 1 heterocycles. The quantitative estimate of drug-likeness (QED) is 0.639. The van der Waals surface area contributed by atoms with Gasteiger partial charge in [0, 0.05) is 28.9 Å². The first-order chi connectivity index (χ1) is 11.5. The average Bonchev–Trinajstić information content (AvgIpc) is 2.97. The first-order valence-corrected chi connectivity index (χ1v) is 8.33. The van der Waals surface area contributed by atoms with E-state index in [1.54, 1.807) is 26.4 Å². The van der Waals surface area contributed by atoms with E-state index in [0.717, 1.165) is 10.2 Å². The molecule has 0 amide bonds. The number of phenols is 1. The van der Waals surface area contributed by atoms with Crippen molar-refractivity contribution in [1.82, 2.24) is 4.98 Å². The largest absolute Gasteiger partial charge is 0.506 e. The fraction of sp³-hybridized carbons (Fsp3) is 0.125. The van der Waals surface area contributed by atoms with E-state index in [1.165, 1.54) is 23.6 Å². The van der Waals surface area contributed by atoms with Crippen LogP contribution in [0.25, 0.3) is 10.2 Å². The van der Waals surface area contributed by atoms with E-state index in [-0.39, 0.29) is 10.8 Å². The van der Waals surface area contributed by atoms with Gasteiger partial charge < -0.3 is 14.6 Å². The van der Waals surface area contributed by atoms with Crippen LogP contribution in [-0.2, 0) is 0 Å². The average molecular weight is 383 g/mol. The molecule has 0 aliphatic rings. The molecule has 5 nitrogen and oxygen atoms in total. The number of fused-ring (bicyclic) bond motifs is 1. The molecular weight excluding hydrogens is 371 g/mol. The van der Waals surface area contributed by atoms with Crippen LogP contribution in [-0.4, -0.2) is 30.5 Å². The molecule has 1 aromatic heterocycles. The second-order valence-electron chi connectivity index (χ2n) is 4.76. The van der Waals surface area contributed by atoms with E-state index >= 15 is 0 Å². The smallest absolute Gasteiger partial charge is 0.210 e. The fourth-order valence-electron chi connectivity index (χ4n) is 2.11. The Morgan fingerprint density at radius 1 is 1.12 bits per heavy atom. The number of thiazole rings is 1. The molecule has 0 atom stereocenters. The molecule has 0 spiro atoms. The van der Waals surface area contributed by atoms with Crippen molar-refractivity contribution < 1.29 is 14.6 Å². The molecule has 3 rings (SSSR count). The minimum atomic E-state index is -0.0748. The number of phenolic OH excluding ortho intramolecular Hbond substituents is 1. The fourth-order valence-corrected chi connectivity index (χ4v) is 3.44. The minimum Gasteiger partial charge on any atom is -0.506 e. The Hall–Kier alpha value is -2.02. The number of aromatic hydroxyl groups is 1. The maximum absolute atomic E-state index is 9.94. The van der Waals surface area contributed by atoms with Gasteiger partial charge in [-0.2, -0.15) is 0 Å². The second kappa shape index (κ2) is 6.84. The number of rotatable bonds is 4. The number of methoxy groups -OCH3 is 2. The van der Waals surface area contributed by atoms with Gasteiger partial charge in [-0.05, 0) is 12.1 Å². The highest BCUT2D eigenvalue weighted by molar-refractivity contribution is 7.22. The van der Waals surface area contributed by atoms with Crippen LogP contribution in [0.4, 0.5) is 5.13 Å². The minimum absolute atomic E-state index is 0.0748. The van der Waals surface area contributed by atoms with Crippen LogP contribution in [0, 0.1) is 0 Å². The highest BCUT2D eigenvalue weighted by Gasteiger charge is 2.11. The Balaban J connectivity index is 1.99. The van der Waals surface area contributed by atoms with Gasteiger partial charge in [0.2, 0.25) is 5.13 Å². The first-order valence-electron chi connectivity index (χ1n) is 6.76. The van der Waals surface area contributed by atoms with Crippen LogP contribution in [0.5, 0.6) is 17.2 Å². The van der Waals surface area contributed by atoms with Crippen molar-refractivity contribution >= 4 is 56.1 Å². The van der Waals surface area contributed by atoms with E-state index in [9.17, 15) is 5.11 Å². The standard InChI is InChI=1S/C16H12Cl2N2O3S/c1-22-12-5-11-14(6-13(12)23-2)24-16(20-11)19-7-8-3-9(17)4-10(18)15(8)21/h3-7,21H,1-2H3/b19-7+. The van der Waals surface area contributed by atoms with Crippen LogP contribution in [0.3, 0.4) is 0 Å². The molecule has 0 saturated carbocycles. The summed E-state index contributed by atoms with van der Waals surface area (Å²) in [5.41, 5.74) is 1.17. The third-order valence-corrected chi connectivity index (χ3v) is 4.69. The van der Waals surface area contributed by atoms with Crippen molar-refractivity contribution in [3.63, 3.8) is 0 Å². The second-order valence-corrected chi connectivity index (χ2v) is 6.61. The number of benzene rings is 2. The molecule has 8 heteroatoms. The maximum Gasteiger partial charge on any atom is 0.210 e. The summed E-state index contributed by atoms with van der Waals surface area (Å²) >= 11 is 13.2. The summed E-state index contributed by atoms with van der Waals surface area (Å²) < 4.78 is 11.5. The van der Waals surface area contributed by atoms with Crippen molar-refractivity contribution in [2.24, 2.45) is 4.99 Å². The van der Waals surface area contributed by atoms with E-state index in [2.05, 4.69) is 9.98 Å². The monoisotopic (exact) mass is 382 g/mol. The Kier molecular flexibility index (Phi) is 4.80. The summed E-state index contributed by atoms with van der Waals surface area (Å²) in [5, 5.41) is 11.1. The van der Waals surface area contributed by atoms with Crippen molar-refractivity contribution in [3.8, 4) is 17.2 Å². The summed E-state index contributed by atoms with van der Waals surface area (Å²) in [6, 6.07) is 6.67. The number of aliphatic imine (C=N–C) groups is 1. The predicted octanol–water partition coefficient (Wildman–Crippen LogP) is 5.08. The van der Waals surface area contributed by atoms with Crippen molar-refractivity contribution in [1.29, 1.82) is 0 Å². The number of halogens is 2. The zero-order valence-electron chi connectivity index (χ0n) is 12.7. The van der Waals surface area contributed by atoms with Gasteiger partial charge in [0.1, 0.15) is 5.75 Å². The van der Waals surface area contributed by atoms with Crippen LogP contribution in [0.1, 0.15) is 5.56 Å². The summed E-state index contributed by atoms with van der Waals surface area (Å²) in [5.74, 6) is 1.16. The zero-order chi connectivity index (χ0) is 17.3. The number of ether oxygens (including phenoxy) is 2. The molecule has 2 aromatic carbocycles. The maximum atomic E-state index is 9.94. The molecule has 0 aliphatic carbocycles. The summed E-state index contributed by atoms with van der Waals surface area (Å²) in [7, 11) is 3.15. The Morgan fingerprint density at radius 3 is 2.54 bits per heavy atom. The molecule has 0 bridgehead atoms. The van der Waals surface area contributed by atoms with Crippen LogP contribution in [0.2, 0.25) is 10.0 Å². The Bertz CT molecular complexity index is 900. The molecule has 0 fully saturated rings. The molecule has 0 radical (unpaired) electrons. The van der Waals surface area contributed by atoms with Gasteiger partial charge in [-0.3, -0.25) is 0 Å². The summed E-state index contributed by atoms with van der Waals surface area (Å²) in [6.45, 7) is 0. The van der Waals surface area contributed by atoms with E-state index in [4.69, 9.17) is 32.7 Å². The molecular formula is C16H12Cl2N2O3S. The number of hydrogen-bond acceptors (Lipinski definition) is 6. The summed E-state index contributed by atoms with van der Waals surface area (Å²) in [6.07, 6.45) is 1.47. The van der Waals surface area contributed by atoms with E-state index < -0.39 is 0 Å². The SMILES string of the molecule is COc1cc2nc(/N=C/c3cc(Cl)cc(Cl)c3O)sc2cc1OC. The third-order valence-electron chi connectivity index (χ3n) is 3.25. The van der Waals surface area contributed by atoms with Gasteiger partial charge in [-0.15, -0.1) is 0 Å². The molecule has 24 heavy (non-hydrogen) atoms. The molecule has 0 unspecified atom stereocenters. The highest BCUT2D eigenvalue weighted by atomic mass is 35.5. The number of hydrogen-bond donors (Lipinski definition) is 1. The van der Waals surface area contributed by atoms with Crippen LogP contribution < -0.4 is 9.47 Å². The van der Waals surface area contributed by atoms with Gasteiger partial charge >= 0.3 is 0 Å². The van der Waals surface area contributed by atoms with Gasteiger partial charge in [0.15, 0.2) is 11.5 Å². The van der Waals surface area contributed by atoms with Crippen LogP contribution >= 0.6 is 34.5 Å². The normalized spacial score (nSPS) is 11.3. The topological polar surface area (TPSA) is 63.9 Å². The lowest BCUT2D eigenvalue weighted by Crippen LogP contribution is -1.89. The lowest BCUT2D eigenvalue weighted by Gasteiger charge is -2.05. The third kappa shape index (κ3) is 3.26. The highest BCUT2D eigenvalue weighted by Crippen LogP contribution is 2.37. The number of nitrogens with zero attached hydrogens (tertiary/aromatic N) is 2. The van der Waals surface area contributed by atoms with Gasteiger partial charge in [-0.25, -0.2) is 9.98 Å². The van der Waals surface area contributed by atoms with E-state index in [1.807, 2.05) is 6.07 Å². The lowest BCUT2D eigenvalue weighted by molar-refractivity contribution is 0.356.